The summed E-state index contributed by atoms with van der Waals surface area (Å²) >= 11 is 5.99. The van der Waals surface area contributed by atoms with E-state index in [0.29, 0.717) is 16.5 Å². The molecule has 112 valence electrons. The van der Waals surface area contributed by atoms with Crippen molar-refractivity contribution in [1.82, 2.24) is 0 Å². The molecule has 22 heavy (non-hydrogen) atoms. The van der Waals surface area contributed by atoms with Gasteiger partial charge in [0.2, 0.25) is 0 Å². The summed E-state index contributed by atoms with van der Waals surface area (Å²) in [6.07, 6.45) is 0. The van der Waals surface area contributed by atoms with Gasteiger partial charge in [0, 0.05) is 5.02 Å². The highest BCUT2D eigenvalue weighted by atomic mass is 35.5. The lowest BCUT2D eigenvalue weighted by atomic mass is 10.1. The maximum Gasteiger partial charge on any atom is 0.335 e. The number of hydrogen-bond acceptors (Lipinski definition) is 3. The number of rotatable bonds is 3. The first-order chi connectivity index (χ1) is 10.5. The Morgan fingerprint density at radius 1 is 1.27 bits per heavy atom. The first kappa shape index (κ1) is 14.4. The molecule has 1 N–H and O–H groups in total. The molecule has 2 aromatic carbocycles. The highest BCUT2D eigenvalue weighted by molar-refractivity contribution is 6.31. The van der Waals surface area contributed by atoms with E-state index in [1.807, 2.05) is 0 Å². The summed E-state index contributed by atoms with van der Waals surface area (Å²) in [5.41, 5.74) is 1.50. The summed E-state index contributed by atoms with van der Waals surface area (Å²) < 4.78 is 5.38. The van der Waals surface area contributed by atoms with Crippen LogP contribution < -0.4 is 9.64 Å². The van der Waals surface area contributed by atoms with E-state index >= 15 is 0 Å². The Hall–Kier alpha value is -2.53. The van der Waals surface area contributed by atoms with Crippen LogP contribution in [0.2, 0.25) is 5.02 Å². The molecule has 1 heterocycles. The molecule has 0 atom stereocenters. The monoisotopic (exact) mass is 317 g/mol. The smallest absolute Gasteiger partial charge is 0.335 e. The molecule has 0 unspecified atom stereocenters. The van der Waals surface area contributed by atoms with E-state index in [0.717, 1.165) is 5.56 Å². The zero-order valence-electron chi connectivity index (χ0n) is 11.5. The molecule has 0 fully saturated rings. The number of amides is 1. The van der Waals surface area contributed by atoms with Crippen LogP contribution in [0.4, 0.5) is 5.69 Å². The number of benzene rings is 2. The number of aromatic carboxylic acids is 1. The fraction of sp³-hybridized carbons (Fsp3) is 0.125. The van der Waals surface area contributed by atoms with Crippen LogP contribution in [0.1, 0.15) is 15.9 Å². The molecule has 0 radical (unpaired) electrons. The van der Waals surface area contributed by atoms with Crippen LogP contribution >= 0.6 is 11.6 Å². The third kappa shape index (κ3) is 2.76. The highest BCUT2D eigenvalue weighted by Gasteiger charge is 2.26. The van der Waals surface area contributed by atoms with Gasteiger partial charge in [0.15, 0.2) is 6.61 Å². The summed E-state index contributed by atoms with van der Waals surface area (Å²) in [5, 5.41) is 9.54. The molecule has 0 bridgehead atoms. The Morgan fingerprint density at radius 3 is 2.86 bits per heavy atom. The van der Waals surface area contributed by atoms with Gasteiger partial charge in [-0.3, -0.25) is 4.79 Å². The van der Waals surface area contributed by atoms with Crippen LogP contribution in [0.3, 0.4) is 0 Å². The summed E-state index contributed by atoms with van der Waals surface area (Å²) in [7, 11) is 0. The molecule has 1 amide bonds. The molecular weight excluding hydrogens is 306 g/mol. The molecule has 1 aliphatic heterocycles. The van der Waals surface area contributed by atoms with Crippen molar-refractivity contribution in [3.05, 3.63) is 58.6 Å². The molecule has 6 heteroatoms. The highest BCUT2D eigenvalue weighted by Crippen LogP contribution is 2.35. The Balaban J connectivity index is 1.95. The van der Waals surface area contributed by atoms with Gasteiger partial charge < -0.3 is 14.7 Å². The van der Waals surface area contributed by atoms with E-state index in [9.17, 15) is 9.59 Å². The van der Waals surface area contributed by atoms with Crippen molar-refractivity contribution in [1.29, 1.82) is 0 Å². The van der Waals surface area contributed by atoms with Gasteiger partial charge in [-0.15, -0.1) is 0 Å². The number of halogens is 1. The lowest BCUT2D eigenvalue weighted by molar-refractivity contribution is -0.121. The third-order valence-corrected chi connectivity index (χ3v) is 3.61. The van der Waals surface area contributed by atoms with Gasteiger partial charge in [-0.25, -0.2) is 4.79 Å². The van der Waals surface area contributed by atoms with Crippen LogP contribution in [0.25, 0.3) is 0 Å². The number of hydrogen-bond donors (Lipinski definition) is 1. The summed E-state index contributed by atoms with van der Waals surface area (Å²) in [5.74, 6) is -0.618. The van der Waals surface area contributed by atoms with Crippen molar-refractivity contribution >= 4 is 29.2 Å². The van der Waals surface area contributed by atoms with E-state index in [1.165, 1.54) is 6.07 Å². The van der Waals surface area contributed by atoms with E-state index in [-0.39, 0.29) is 24.6 Å². The van der Waals surface area contributed by atoms with Crippen LogP contribution in [-0.4, -0.2) is 23.6 Å². The molecular formula is C16H12ClNO4. The number of carbonyl (C=O) groups is 2. The Bertz CT molecular complexity index is 760. The number of carboxylic acids is 1. The topological polar surface area (TPSA) is 66.8 Å². The summed E-state index contributed by atoms with van der Waals surface area (Å²) in [6, 6.07) is 11.6. The summed E-state index contributed by atoms with van der Waals surface area (Å²) in [4.78, 5) is 24.7. The van der Waals surface area contributed by atoms with Crippen molar-refractivity contribution in [2.75, 3.05) is 11.5 Å². The number of anilines is 1. The van der Waals surface area contributed by atoms with Crippen molar-refractivity contribution in [2.24, 2.45) is 0 Å². The number of nitrogens with zero attached hydrogens (tertiary/aromatic N) is 1. The third-order valence-electron chi connectivity index (χ3n) is 3.38. The minimum atomic E-state index is -1.00. The molecule has 0 aromatic heterocycles. The number of fused-ring (bicyclic) bond motifs is 1. The SMILES string of the molecule is O=C(O)c1cccc(CN2C(=O)COc3ccc(Cl)cc32)c1. The fourth-order valence-electron chi connectivity index (χ4n) is 2.33. The second kappa shape index (κ2) is 5.69. The van der Waals surface area contributed by atoms with Gasteiger partial charge in [0.1, 0.15) is 5.75 Å². The van der Waals surface area contributed by atoms with Crippen molar-refractivity contribution < 1.29 is 19.4 Å². The van der Waals surface area contributed by atoms with Crippen LogP contribution in [0.5, 0.6) is 5.75 Å². The molecule has 3 rings (SSSR count). The zero-order valence-corrected chi connectivity index (χ0v) is 12.2. The maximum absolute atomic E-state index is 12.1. The van der Waals surface area contributed by atoms with Crippen molar-refractivity contribution in [3.8, 4) is 5.75 Å². The molecule has 2 aromatic rings. The molecule has 0 aliphatic carbocycles. The Kier molecular flexibility index (Phi) is 3.73. The Labute approximate surface area is 131 Å². The second-order valence-corrected chi connectivity index (χ2v) is 5.32. The van der Waals surface area contributed by atoms with Gasteiger partial charge in [-0.2, -0.15) is 0 Å². The second-order valence-electron chi connectivity index (χ2n) is 4.89. The van der Waals surface area contributed by atoms with Crippen molar-refractivity contribution in [3.63, 3.8) is 0 Å². The predicted molar refractivity (Wildman–Crippen MR) is 81.5 cm³/mol. The molecule has 0 saturated heterocycles. The summed E-state index contributed by atoms with van der Waals surface area (Å²) in [6.45, 7) is 0.212. The van der Waals surface area contributed by atoms with Gasteiger partial charge in [-0.1, -0.05) is 23.7 Å². The van der Waals surface area contributed by atoms with Gasteiger partial charge in [0.25, 0.3) is 5.91 Å². The first-order valence-electron chi connectivity index (χ1n) is 6.59. The van der Waals surface area contributed by atoms with Gasteiger partial charge in [0.05, 0.1) is 17.8 Å². The fourth-order valence-corrected chi connectivity index (χ4v) is 2.50. The van der Waals surface area contributed by atoms with Crippen LogP contribution in [-0.2, 0) is 11.3 Å². The molecule has 0 saturated carbocycles. The average Bonchev–Trinajstić information content (AvgIpc) is 2.50. The normalized spacial score (nSPS) is 13.5. The van der Waals surface area contributed by atoms with E-state index < -0.39 is 5.97 Å². The van der Waals surface area contributed by atoms with Crippen LogP contribution in [0, 0.1) is 0 Å². The molecule has 0 spiro atoms. The molecule has 1 aliphatic rings. The minimum absolute atomic E-state index is 0.0484. The maximum atomic E-state index is 12.1. The lowest BCUT2D eigenvalue weighted by Crippen LogP contribution is -2.38. The largest absolute Gasteiger partial charge is 0.482 e. The van der Waals surface area contributed by atoms with Gasteiger partial charge in [-0.05, 0) is 35.9 Å². The van der Waals surface area contributed by atoms with Crippen LogP contribution in [0.15, 0.2) is 42.5 Å². The first-order valence-corrected chi connectivity index (χ1v) is 6.97. The standard InChI is InChI=1S/C16H12ClNO4/c17-12-4-5-14-13(7-12)18(15(19)9-22-14)8-10-2-1-3-11(6-10)16(20)21/h1-7H,8-9H2,(H,20,21). The minimum Gasteiger partial charge on any atom is -0.482 e. The van der Waals surface area contributed by atoms with Gasteiger partial charge >= 0.3 is 5.97 Å². The average molecular weight is 318 g/mol. The van der Waals surface area contributed by atoms with Crippen molar-refractivity contribution in [2.45, 2.75) is 6.54 Å². The van der Waals surface area contributed by atoms with E-state index in [1.54, 1.807) is 41.3 Å². The lowest BCUT2D eigenvalue weighted by Gasteiger charge is -2.29. The predicted octanol–water partition coefficient (Wildman–Crippen LogP) is 2.96. The molecule has 5 nitrogen and oxygen atoms in total. The van der Waals surface area contributed by atoms with E-state index in [2.05, 4.69) is 0 Å². The Morgan fingerprint density at radius 2 is 2.09 bits per heavy atom. The number of ether oxygens (including phenoxy) is 1. The quantitative estimate of drug-likeness (QED) is 0.945. The number of carboxylic acid groups (broad SMARTS) is 1. The zero-order chi connectivity index (χ0) is 15.7. The number of carbonyl (C=O) groups excluding carboxylic acids is 1. The van der Waals surface area contributed by atoms with E-state index in [4.69, 9.17) is 21.4 Å².